The number of hydrazine groups is 1. The van der Waals surface area contributed by atoms with E-state index >= 15 is 0 Å². The summed E-state index contributed by atoms with van der Waals surface area (Å²) in [5, 5.41) is 0. The molecule has 0 unspecified atom stereocenters. The molecule has 0 aromatic carbocycles. The van der Waals surface area contributed by atoms with Crippen molar-refractivity contribution >= 4 is 17.2 Å². The van der Waals surface area contributed by atoms with Gasteiger partial charge in [0.1, 0.15) is 0 Å². The first kappa shape index (κ1) is 17.1. The van der Waals surface area contributed by atoms with Gasteiger partial charge in [-0.1, -0.05) is 0 Å². The lowest BCUT2D eigenvalue weighted by atomic mass is 10.2. The second-order valence-electron chi connectivity index (χ2n) is 4.43. The number of rotatable bonds is 9. The predicted molar refractivity (Wildman–Crippen MR) is 79.7 cm³/mol. The topological polar surface area (TPSA) is 76.8 Å². The van der Waals surface area contributed by atoms with Gasteiger partial charge in [0.25, 0.3) is 5.91 Å². The fourth-order valence-corrected chi connectivity index (χ4v) is 2.75. The molecule has 0 fully saturated rings. The molecule has 1 amide bonds. The molecule has 0 bridgehead atoms. The van der Waals surface area contributed by atoms with Crippen molar-refractivity contribution in [2.75, 3.05) is 40.5 Å². The number of methoxy groups -OCH3 is 2. The summed E-state index contributed by atoms with van der Waals surface area (Å²) in [5.74, 6) is 4.91. The van der Waals surface area contributed by atoms with Crippen molar-refractivity contribution in [2.45, 2.75) is 13.5 Å². The number of carbonyl (C=O) groups excluding carboxylic acids is 1. The number of ether oxygens (including phenoxy) is 2. The van der Waals surface area contributed by atoms with E-state index in [2.05, 4.69) is 10.3 Å². The molecule has 1 aromatic heterocycles. The van der Waals surface area contributed by atoms with Crippen molar-refractivity contribution in [3.05, 3.63) is 21.4 Å². The first-order valence-electron chi connectivity index (χ1n) is 6.42. The summed E-state index contributed by atoms with van der Waals surface area (Å²) >= 11 is 1.46. The van der Waals surface area contributed by atoms with Crippen LogP contribution in [0.15, 0.2) is 6.07 Å². The number of hydrogen-bond acceptors (Lipinski definition) is 6. The number of thiophene rings is 1. The van der Waals surface area contributed by atoms with Crippen LogP contribution < -0.4 is 11.3 Å². The molecule has 0 aliphatic rings. The summed E-state index contributed by atoms with van der Waals surface area (Å²) in [7, 11) is 3.38. The second kappa shape index (κ2) is 9.04. The van der Waals surface area contributed by atoms with E-state index in [4.69, 9.17) is 15.3 Å². The van der Waals surface area contributed by atoms with E-state index in [1.807, 2.05) is 13.0 Å². The van der Waals surface area contributed by atoms with E-state index in [9.17, 15) is 4.79 Å². The molecule has 1 rings (SSSR count). The molecule has 6 nitrogen and oxygen atoms in total. The van der Waals surface area contributed by atoms with E-state index in [1.165, 1.54) is 11.3 Å². The number of nitrogens with one attached hydrogen (secondary N) is 1. The summed E-state index contributed by atoms with van der Waals surface area (Å²) in [6.45, 7) is 5.78. The summed E-state index contributed by atoms with van der Waals surface area (Å²) in [4.78, 5) is 15.5. The normalized spacial score (nSPS) is 11.1. The fraction of sp³-hybridized carbons (Fsp3) is 0.615. The highest BCUT2D eigenvalue weighted by Gasteiger charge is 2.14. The Kier molecular flexibility index (Phi) is 7.71. The van der Waals surface area contributed by atoms with Gasteiger partial charge >= 0.3 is 0 Å². The van der Waals surface area contributed by atoms with Crippen molar-refractivity contribution in [2.24, 2.45) is 5.84 Å². The van der Waals surface area contributed by atoms with Crippen LogP contribution in [0, 0.1) is 6.92 Å². The fourth-order valence-electron chi connectivity index (χ4n) is 1.81. The Labute approximate surface area is 123 Å². The lowest BCUT2D eigenvalue weighted by Gasteiger charge is -2.21. The lowest BCUT2D eigenvalue weighted by molar-refractivity contribution is 0.0957. The maximum atomic E-state index is 11.5. The SMILES string of the molecule is COCCN(CCOC)Cc1cc(C(=O)NN)sc1C. The van der Waals surface area contributed by atoms with Gasteiger partial charge in [-0.05, 0) is 18.6 Å². The lowest BCUT2D eigenvalue weighted by Crippen LogP contribution is -2.30. The highest BCUT2D eigenvalue weighted by molar-refractivity contribution is 7.14. The summed E-state index contributed by atoms with van der Waals surface area (Å²) in [6, 6.07) is 1.90. The highest BCUT2D eigenvalue weighted by Crippen LogP contribution is 2.22. The van der Waals surface area contributed by atoms with Crippen LogP contribution in [0.5, 0.6) is 0 Å². The van der Waals surface area contributed by atoms with Gasteiger partial charge in [0.05, 0.1) is 18.1 Å². The van der Waals surface area contributed by atoms with Crippen molar-refractivity contribution < 1.29 is 14.3 Å². The third-order valence-corrected chi connectivity index (χ3v) is 4.08. The average Bonchev–Trinajstić information content (AvgIpc) is 2.82. The minimum Gasteiger partial charge on any atom is -0.383 e. The number of nitrogen functional groups attached to an aromatic ring is 1. The molecule has 20 heavy (non-hydrogen) atoms. The Morgan fingerprint density at radius 1 is 1.35 bits per heavy atom. The Bertz CT molecular complexity index is 415. The number of nitrogens with zero attached hydrogens (tertiary/aromatic N) is 1. The van der Waals surface area contributed by atoms with Crippen LogP contribution in [-0.4, -0.2) is 51.3 Å². The molecule has 0 aliphatic carbocycles. The molecule has 0 aliphatic heterocycles. The van der Waals surface area contributed by atoms with Crippen LogP contribution in [-0.2, 0) is 16.0 Å². The molecule has 0 atom stereocenters. The molecule has 1 aromatic rings. The molecule has 0 spiro atoms. The zero-order valence-electron chi connectivity index (χ0n) is 12.3. The van der Waals surface area contributed by atoms with E-state index in [0.29, 0.717) is 18.1 Å². The molecule has 7 heteroatoms. The number of carbonyl (C=O) groups is 1. The molecule has 0 saturated heterocycles. The van der Waals surface area contributed by atoms with Crippen LogP contribution in [0.3, 0.4) is 0 Å². The Morgan fingerprint density at radius 2 is 1.95 bits per heavy atom. The first-order chi connectivity index (χ1) is 9.62. The summed E-state index contributed by atoms with van der Waals surface area (Å²) in [5.41, 5.74) is 3.30. The first-order valence-corrected chi connectivity index (χ1v) is 7.24. The molecular formula is C13H23N3O3S. The maximum absolute atomic E-state index is 11.5. The molecular weight excluding hydrogens is 278 g/mol. The molecule has 0 radical (unpaired) electrons. The van der Waals surface area contributed by atoms with Crippen LogP contribution in [0.4, 0.5) is 0 Å². The molecule has 114 valence electrons. The summed E-state index contributed by atoms with van der Waals surface area (Å²) in [6.07, 6.45) is 0. The number of nitrogens with two attached hydrogens (primary N) is 1. The van der Waals surface area contributed by atoms with Gasteiger partial charge < -0.3 is 9.47 Å². The van der Waals surface area contributed by atoms with Gasteiger partial charge in [-0.2, -0.15) is 0 Å². The van der Waals surface area contributed by atoms with Crippen molar-refractivity contribution in [1.82, 2.24) is 10.3 Å². The van der Waals surface area contributed by atoms with Crippen molar-refractivity contribution in [1.29, 1.82) is 0 Å². The Balaban J connectivity index is 2.71. The smallest absolute Gasteiger partial charge is 0.275 e. The van der Waals surface area contributed by atoms with Crippen LogP contribution >= 0.6 is 11.3 Å². The highest BCUT2D eigenvalue weighted by atomic mass is 32.1. The minimum absolute atomic E-state index is 0.246. The van der Waals surface area contributed by atoms with Crippen molar-refractivity contribution in [3.8, 4) is 0 Å². The number of hydrogen-bond donors (Lipinski definition) is 2. The van der Waals surface area contributed by atoms with Gasteiger partial charge in [0.15, 0.2) is 0 Å². The van der Waals surface area contributed by atoms with E-state index < -0.39 is 0 Å². The number of aryl methyl sites for hydroxylation is 1. The van der Waals surface area contributed by atoms with E-state index in [0.717, 1.165) is 30.1 Å². The van der Waals surface area contributed by atoms with Crippen LogP contribution in [0.2, 0.25) is 0 Å². The third-order valence-electron chi connectivity index (χ3n) is 2.99. The minimum atomic E-state index is -0.246. The standard InChI is InChI=1S/C13H23N3O3S/c1-10-11(8-12(20-10)13(17)15-14)9-16(4-6-18-2)5-7-19-3/h8H,4-7,9,14H2,1-3H3,(H,15,17). The largest absolute Gasteiger partial charge is 0.383 e. The predicted octanol–water partition coefficient (Wildman–Crippen LogP) is 0.755. The zero-order valence-corrected chi connectivity index (χ0v) is 13.1. The average molecular weight is 301 g/mol. The summed E-state index contributed by atoms with van der Waals surface area (Å²) < 4.78 is 10.2. The van der Waals surface area contributed by atoms with E-state index in [1.54, 1.807) is 14.2 Å². The second-order valence-corrected chi connectivity index (χ2v) is 5.68. The molecule has 0 saturated carbocycles. The monoisotopic (exact) mass is 301 g/mol. The van der Waals surface area contributed by atoms with Gasteiger partial charge in [-0.25, -0.2) is 5.84 Å². The van der Waals surface area contributed by atoms with Gasteiger partial charge in [-0.15, -0.1) is 11.3 Å². The van der Waals surface area contributed by atoms with Crippen LogP contribution in [0.25, 0.3) is 0 Å². The molecule has 3 N–H and O–H groups in total. The third kappa shape index (κ3) is 5.18. The van der Waals surface area contributed by atoms with Gasteiger partial charge in [0.2, 0.25) is 0 Å². The number of amides is 1. The maximum Gasteiger partial charge on any atom is 0.275 e. The molecule has 1 heterocycles. The van der Waals surface area contributed by atoms with E-state index in [-0.39, 0.29) is 5.91 Å². The van der Waals surface area contributed by atoms with Gasteiger partial charge in [-0.3, -0.25) is 15.1 Å². The quantitative estimate of drug-likeness (QED) is 0.400. The Hall–Kier alpha value is -0.990. The van der Waals surface area contributed by atoms with Crippen molar-refractivity contribution in [3.63, 3.8) is 0 Å². The van der Waals surface area contributed by atoms with Crippen LogP contribution in [0.1, 0.15) is 20.1 Å². The van der Waals surface area contributed by atoms with Gasteiger partial charge in [0, 0.05) is 38.7 Å². The Morgan fingerprint density at radius 3 is 2.45 bits per heavy atom. The zero-order chi connectivity index (χ0) is 15.0.